The molecule has 0 aromatic carbocycles. The molecule has 92 valence electrons. The second-order valence-electron chi connectivity index (χ2n) is 3.28. The molecule has 0 fully saturated rings. The Morgan fingerprint density at radius 2 is 2.00 bits per heavy atom. The van der Waals surface area contributed by atoms with Crippen LogP contribution in [0.1, 0.15) is 6.42 Å². The molecule has 1 aliphatic carbocycles. The Labute approximate surface area is 98.3 Å². The van der Waals surface area contributed by atoms with Gasteiger partial charge in [0, 0.05) is 18.2 Å². The second-order valence-corrected chi connectivity index (χ2v) is 3.28. The van der Waals surface area contributed by atoms with E-state index in [9.17, 15) is 14.4 Å². The molecule has 1 aliphatic rings. The number of amides is 1. The highest BCUT2D eigenvalue weighted by molar-refractivity contribution is 6.19. The number of carbonyl (C=O) groups is 3. The fourth-order valence-electron chi connectivity index (χ4n) is 1.34. The van der Waals surface area contributed by atoms with Gasteiger partial charge >= 0.3 is 6.09 Å². The van der Waals surface area contributed by atoms with Gasteiger partial charge < -0.3 is 14.8 Å². The van der Waals surface area contributed by atoms with E-state index in [0.29, 0.717) is 5.57 Å². The van der Waals surface area contributed by atoms with E-state index in [1.165, 1.54) is 20.3 Å². The first-order valence-corrected chi connectivity index (χ1v) is 4.95. The maximum atomic E-state index is 11.7. The van der Waals surface area contributed by atoms with Crippen molar-refractivity contribution in [3.05, 3.63) is 23.5 Å². The van der Waals surface area contributed by atoms with E-state index < -0.39 is 6.09 Å². The predicted octanol–water partition coefficient (Wildman–Crippen LogP) is 0.341. The van der Waals surface area contributed by atoms with Crippen LogP contribution in [0.15, 0.2) is 23.5 Å². The molecule has 0 atom stereocenters. The van der Waals surface area contributed by atoms with Crippen LogP contribution in [0.25, 0.3) is 0 Å². The molecular weight excluding hydrogens is 226 g/mol. The maximum absolute atomic E-state index is 11.7. The highest BCUT2D eigenvalue weighted by Crippen LogP contribution is 2.15. The summed E-state index contributed by atoms with van der Waals surface area (Å²) in [5.74, 6) is -0.612. The van der Waals surface area contributed by atoms with Crippen molar-refractivity contribution in [3.63, 3.8) is 0 Å². The van der Waals surface area contributed by atoms with Crippen molar-refractivity contribution < 1.29 is 23.9 Å². The van der Waals surface area contributed by atoms with Crippen LogP contribution in [0.3, 0.4) is 0 Å². The Hall–Kier alpha value is -2.11. The summed E-state index contributed by atoms with van der Waals surface area (Å²) < 4.78 is 9.16. The average Bonchev–Trinajstić information content (AvgIpc) is 2.32. The van der Waals surface area contributed by atoms with Crippen molar-refractivity contribution in [2.75, 3.05) is 20.8 Å². The number of rotatable bonds is 4. The smallest absolute Gasteiger partial charge is 0.406 e. The molecule has 6 nitrogen and oxygen atoms in total. The zero-order chi connectivity index (χ0) is 12.8. The molecule has 0 bridgehead atoms. The van der Waals surface area contributed by atoms with Crippen molar-refractivity contribution in [1.82, 2.24) is 5.32 Å². The van der Waals surface area contributed by atoms with Gasteiger partial charge in [0.2, 0.25) is 5.78 Å². The van der Waals surface area contributed by atoms with Crippen molar-refractivity contribution in [3.8, 4) is 0 Å². The molecule has 0 aromatic rings. The second kappa shape index (κ2) is 5.83. The van der Waals surface area contributed by atoms with Gasteiger partial charge in [0.1, 0.15) is 0 Å². The summed E-state index contributed by atoms with van der Waals surface area (Å²) in [4.78, 5) is 33.7. The van der Waals surface area contributed by atoms with Crippen molar-refractivity contribution in [2.24, 2.45) is 0 Å². The summed E-state index contributed by atoms with van der Waals surface area (Å²) in [6, 6.07) is 0. The third-order valence-electron chi connectivity index (χ3n) is 2.17. The van der Waals surface area contributed by atoms with Crippen LogP contribution < -0.4 is 5.32 Å². The van der Waals surface area contributed by atoms with Crippen LogP contribution in [0, 0.1) is 0 Å². The predicted molar refractivity (Wildman–Crippen MR) is 58.2 cm³/mol. The number of alkyl carbamates (subject to hydrolysis) is 1. The van der Waals surface area contributed by atoms with Crippen LogP contribution in [0.2, 0.25) is 0 Å². The first kappa shape index (κ1) is 13.0. The fraction of sp³-hybridized carbons (Fsp3) is 0.364. The molecule has 1 amide bonds. The number of hydrogen-bond donors (Lipinski definition) is 1. The van der Waals surface area contributed by atoms with Gasteiger partial charge in [-0.1, -0.05) is 0 Å². The minimum absolute atomic E-state index is 0.0190. The largest absolute Gasteiger partial charge is 0.493 e. The highest BCUT2D eigenvalue weighted by atomic mass is 16.5. The quantitative estimate of drug-likeness (QED) is 0.715. The summed E-state index contributed by atoms with van der Waals surface area (Å²) in [6.07, 6.45) is 2.05. The van der Waals surface area contributed by atoms with E-state index >= 15 is 0 Å². The van der Waals surface area contributed by atoms with Crippen molar-refractivity contribution >= 4 is 17.7 Å². The lowest BCUT2D eigenvalue weighted by molar-refractivity contribution is -0.117. The minimum atomic E-state index is -0.581. The zero-order valence-corrected chi connectivity index (χ0v) is 9.61. The molecule has 6 heteroatoms. The molecule has 1 N–H and O–H groups in total. The van der Waals surface area contributed by atoms with Crippen LogP contribution in [-0.2, 0) is 19.1 Å². The van der Waals surface area contributed by atoms with Gasteiger partial charge in [0.15, 0.2) is 11.5 Å². The lowest BCUT2D eigenvalue weighted by atomic mass is 9.99. The molecule has 0 aromatic heterocycles. The van der Waals surface area contributed by atoms with Gasteiger partial charge in [-0.3, -0.25) is 9.59 Å². The van der Waals surface area contributed by atoms with E-state index in [1.54, 1.807) is 0 Å². The lowest BCUT2D eigenvalue weighted by Gasteiger charge is -2.12. The topological polar surface area (TPSA) is 81.7 Å². The molecule has 17 heavy (non-hydrogen) atoms. The van der Waals surface area contributed by atoms with Crippen molar-refractivity contribution in [1.29, 1.82) is 0 Å². The third-order valence-corrected chi connectivity index (χ3v) is 2.17. The Morgan fingerprint density at radius 3 is 2.59 bits per heavy atom. The van der Waals surface area contributed by atoms with Crippen LogP contribution in [-0.4, -0.2) is 38.4 Å². The third kappa shape index (κ3) is 3.44. The number of hydrogen-bond acceptors (Lipinski definition) is 5. The Balaban J connectivity index is 2.57. The maximum Gasteiger partial charge on any atom is 0.406 e. The van der Waals surface area contributed by atoms with Gasteiger partial charge in [-0.25, -0.2) is 4.79 Å². The highest BCUT2D eigenvalue weighted by Gasteiger charge is 2.22. The Kier molecular flexibility index (Phi) is 4.45. The van der Waals surface area contributed by atoms with Gasteiger partial charge in [0.05, 0.1) is 14.2 Å². The first-order valence-electron chi connectivity index (χ1n) is 4.95. The molecule has 0 saturated heterocycles. The summed E-state index contributed by atoms with van der Waals surface area (Å²) in [5, 5.41) is 2.42. The van der Waals surface area contributed by atoms with E-state index in [4.69, 9.17) is 4.74 Å². The molecule has 0 aliphatic heterocycles. The molecule has 0 radical (unpaired) electrons. The standard InChI is InChI=1S/C11H13NO5/c1-16-9-6-8(13)5-7(10(9)14)3-4-12-11(15)17-2/h5-6H,3-4H2,1-2H3,(H,12,15). The molecular formula is C11H13NO5. The van der Waals surface area contributed by atoms with Crippen LogP contribution >= 0.6 is 0 Å². The fourth-order valence-corrected chi connectivity index (χ4v) is 1.34. The Morgan fingerprint density at radius 1 is 1.29 bits per heavy atom. The monoisotopic (exact) mass is 239 g/mol. The summed E-state index contributed by atoms with van der Waals surface area (Å²) in [7, 11) is 2.57. The van der Waals surface area contributed by atoms with E-state index in [0.717, 1.165) is 6.08 Å². The number of ether oxygens (including phenoxy) is 2. The molecule has 0 heterocycles. The average molecular weight is 239 g/mol. The zero-order valence-electron chi connectivity index (χ0n) is 9.61. The normalized spacial score (nSPS) is 14.9. The van der Waals surface area contributed by atoms with E-state index in [-0.39, 0.29) is 30.3 Å². The summed E-state index contributed by atoms with van der Waals surface area (Å²) in [5.41, 5.74) is 0.311. The minimum Gasteiger partial charge on any atom is -0.493 e. The molecule has 0 saturated carbocycles. The molecule has 1 rings (SSSR count). The van der Waals surface area contributed by atoms with E-state index in [2.05, 4.69) is 10.1 Å². The van der Waals surface area contributed by atoms with Crippen molar-refractivity contribution in [2.45, 2.75) is 6.42 Å². The molecule has 0 spiro atoms. The van der Waals surface area contributed by atoms with Gasteiger partial charge in [0.25, 0.3) is 0 Å². The van der Waals surface area contributed by atoms with Gasteiger partial charge in [-0.15, -0.1) is 0 Å². The Bertz CT molecular complexity index is 408. The van der Waals surface area contributed by atoms with Gasteiger partial charge in [-0.2, -0.15) is 0 Å². The van der Waals surface area contributed by atoms with Crippen LogP contribution in [0.4, 0.5) is 4.79 Å². The first-order chi connectivity index (χ1) is 8.08. The van der Waals surface area contributed by atoms with Crippen LogP contribution in [0.5, 0.6) is 0 Å². The SMILES string of the molecule is COC(=O)NCCC1=CC(=O)C=C(OC)C1=O. The lowest BCUT2D eigenvalue weighted by Crippen LogP contribution is -2.26. The number of Topliss-reactive ketones (excluding diaryl/α,β-unsaturated/α-hetero) is 1. The number of methoxy groups -OCH3 is 2. The van der Waals surface area contributed by atoms with E-state index in [1.807, 2.05) is 0 Å². The number of allylic oxidation sites excluding steroid dienone is 3. The van der Waals surface area contributed by atoms with Gasteiger partial charge in [-0.05, 0) is 12.5 Å². The number of ketones is 2. The number of nitrogens with one attached hydrogen (secondary N) is 1. The summed E-state index contributed by atoms with van der Waals surface area (Å²) in [6.45, 7) is 0.217. The summed E-state index contributed by atoms with van der Waals surface area (Å²) >= 11 is 0. The number of carbonyl (C=O) groups excluding carboxylic acids is 3. The molecule has 0 unspecified atom stereocenters.